The van der Waals surface area contributed by atoms with E-state index in [4.69, 9.17) is 4.74 Å². The van der Waals surface area contributed by atoms with Crippen molar-refractivity contribution in [2.24, 2.45) is 5.41 Å². The molecule has 4 rings (SSSR count). The molecule has 1 aliphatic carbocycles. The molecular weight excluding hydrogens is 481 g/mol. The maximum atomic E-state index is 15.6. The molecular formula is C25H29F3N2O4S. The Morgan fingerprint density at radius 2 is 1.89 bits per heavy atom. The summed E-state index contributed by atoms with van der Waals surface area (Å²) in [4.78, 5) is 14.5. The highest BCUT2D eigenvalue weighted by Gasteiger charge is 2.62. The monoisotopic (exact) mass is 510 g/mol. The minimum atomic E-state index is -4.28. The number of halogens is 3. The molecule has 1 amide bonds. The number of ether oxygens (including phenoxy) is 1. The SMILES string of the molecule is COCC(C)(F)C(=O)N1CC2(CC2)[C@H](NS(=O)(=O)CF)[C@@H]1Cc1cccc(-c2ccccc2)c1F. The lowest BCUT2D eigenvalue weighted by Gasteiger charge is -2.32. The third-order valence-electron chi connectivity index (χ3n) is 6.99. The van der Waals surface area contributed by atoms with Gasteiger partial charge in [0.15, 0.2) is 0 Å². The molecule has 2 aromatic rings. The zero-order chi connectivity index (χ0) is 25.4. The van der Waals surface area contributed by atoms with Gasteiger partial charge in [0.2, 0.25) is 21.7 Å². The molecule has 10 heteroatoms. The van der Waals surface area contributed by atoms with Crippen LogP contribution in [-0.2, 0) is 26.0 Å². The lowest BCUT2D eigenvalue weighted by Crippen LogP contribution is -2.54. The molecule has 1 unspecified atom stereocenters. The first-order valence-corrected chi connectivity index (χ1v) is 13.1. The van der Waals surface area contributed by atoms with Crippen LogP contribution in [0.15, 0.2) is 48.5 Å². The number of likely N-dealkylation sites (tertiary alicyclic amines) is 1. The molecule has 35 heavy (non-hydrogen) atoms. The fourth-order valence-electron chi connectivity index (χ4n) is 5.09. The Balaban J connectivity index is 1.74. The summed E-state index contributed by atoms with van der Waals surface area (Å²) < 4.78 is 75.7. The Morgan fingerprint density at radius 1 is 1.20 bits per heavy atom. The van der Waals surface area contributed by atoms with Gasteiger partial charge < -0.3 is 9.64 Å². The van der Waals surface area contributed by atoms with Crippen molar-refractivity contribution in [2.45, 2.75) is 43.9 Å². The van der Waals surface area contributed by atoms with Crippen LogP contribution >= 0.6 is 0 Å². The van der Waals surface area contributed by atoms with Gasteiger partial charge in [-0.3, -0.25) is 4.79 Å². The first kappa shape index (κ1) is 25.7. The standard InChI is InChI=1S/C25H29F3N2O4S/c1-24(28,15-34-2)23(31)30-14-25(11-12-25)22(29-35(32,33)16-26)20(30)13-18-9-6-10-19(21(18)27)17-7-4-3-5-8-17/h3-10,20,22,29H,11-16H2,1-2H3/t20-,22+,24?/m0/s1. The number of benzene rings is 2. The first-order chi connectivity index (χ1) is 16.5. The van der Waals surface area contributed by atoms with Crippen LogP contribution in [-0.4, -0.2) is 63.2 Å². The van der Waals surface area contributed by atoms with Gasteiger partial charge in [-0.2, -0.15) is 0 Å². The van der Waals surface area contributed by atoms with Crippen molar-refractivity contribution in [3.8, 4) is 11.1 Å². The summed E-state index contributed by atoms with van der Waals surface area (Å²) in [6, 6.07) is 10.4. The highest BCUT2D eigenvalue weighted by molar-refractivity contribution is 7.89. The number of rotatable bonds is 9. The predicted octanol–water partition coefficient (Wildman–Crippen LogP) is 3.62. The quantitative estimate of drug-likeness (QED) is 0.559. The van der Waals surface area contributed by atoms with Crippen molar-refractivity contribution < 1.29 is 31.1 Å². The topological polar surface area (TPSA) is 75.7 Å². The normalized spacial score (nSPS) is 22.8. The summed E-state index contributed by atoms with van der Waals surface area (Å²) in [5.74, 6) is -1.37. The van der Waals surface area contributed by atoms with Crippen LogP contribution in [0, 0.1) is 11.2 Å². The van der Waals surface area contributed by atoms with Crippen LogP contribution in [0.25, 0.3) is 11.1 Å². The molecule has 0 radical (unpaired) electrons. The molecule has 1 saturated heterocycles. The number of alkyl halides is 2. The van der Waals surface area contributed by atoms with Crippen LogP contribution in [0.4, 0.5) is 13.2 Å². The first-order valence-electron chi connectivity index (χ1n) is 11.4. The van der Waals surface area contributed by atoms with Gasteiger partial charge in [0.1, 0.15) is 5.82 Å². The van der Waals surface area contributed by atoms with Crippen molar-refractivity contribution in [1.82, 2.24) is 9.62 Å². The molecule has 1 spiro atoms. The van der Waals surface area contributed by atoms with Crippen LogP contribution in [0.1, 0.15) is 25.3 Å². The maximum absolute atomic E-state index is 15.6. The summed E-state index contributed by atoms with van der Waals surface area (Å²) in [7, 11) is -3.01. The second-order valence-corrected chi connectivity index (χ2v) is 11.3. The average molecular weight is 511 g/mol. The van der Waals surface area contributed by atoms with Crippen molar-refractivity contribution in [2.75, 3.05) is 26.3 Å². The third kappa shape index (κ3) is 5.10. The number of methoxy groups -OCH3 is 1. The van der Waals surface area contributed by atoms with E-state index in [1.165, 1.54) is 12.0 Å². The van der Waals surface area contributed by atoms with Crippen LogP contribution < -0.4 is 4.72 Å². The maximum Gasteiger partial charge on any atom is 0.262 e. The molecule has 2 aliphatic rings. The van der Waals surface area contributed by atoms with Gasteiger partial charge in [-0.25, -0.2) is 26.3 Å². The Morgan fingerprint density at radius 3 is 2.49 bits per heavy atom. The van der Waals surface area contributed by atoms with E-state index < -0.39 is 57.5 Å². The lowest BCUT2D eigenvalue weighted by molar-refractivity contribution is -0.147. The number of nitrogens with one attached hydrogen (secondary N) is 1. The summed E-state index contributed by atoms with van der Waals surface area (Å²) >= 11 is 0. The second-order valence-electron chi connectivity index (χ2n) is 9.66. The van der Waals surface area contributed by atoms with Gasteiger partial charge in [0.05, 0.1) is 12.6 Å². The molecule has 1 N–H and O–H groups in total. The molecule has 6 nitrogen and oxygen atoms in total. The second kappa shape index (κ2) is 9.55. The number of amides is 1. The summed E-state index contributed by atoms with van der Waals surface area (Å²) in [5.41, 5.74) is -1.73. The van der Waals surface area contributed by atoms with E-state index in [0.717, 1.165) is 6.92 Å². The van der Waals surface area contributed by atoms with E-state index >= 15 is 8.78 Å². The van der Waals surface area contributed by atoms with E-state index in [0.29, 0.717) is 24.0 Å². The molecule has 3 atom stereocenters. The molecule has 2 aromatic carbocycles. The number of hydrogen-bond donors (Lipinski definition) is 1. The average Bonchev–Trinajstić information content (AvgIpc) is 3.55. The molecule has 0 aromatic heterocycles. The number of hydrogen-bond acceptors (Lipinski definition) is 4. The van der Waals surface area contributed by atoms with E-state index in [2.05, 4.69) is 4.72 Å². The Kier molecular flexibility index (Phi) is 7.00. The van der Waals surface area contributed by atoms with Gasteiger partial charge in [-0.15, -0.1) is 0 Å². The fourth-order valence-corrected chi connectivity index (χ4v) is 5.94. The Labute approximate surface area is 203 Å². The van der Waals surface area contributed by atoms with E-state index in [-0.39, 0.29) is 18.5 Å². The molecule has 1 heterocycles. The minimum Gasteiger partial charge on any atom is -0.381 e. The summed E-state index contributed by atoms with van der Waals surface area (Å²) in [6.07, 6.45) is 1.11. The van der Waals surface area contributed by atoms with E-state index in [1.54, 1.807) is 42.5 Å². The van der Waals surface area contributed by atoms with Crippen LogP contribution in [0.5, 0.6) is 0 Å². The van der Waals surface area contributed by atoms with Crippen molar-refractivity contribution in [3.05, 3.63) is 59.9 Å². The van der Waals surface area contributed by atoms with Crippen LogP contribution in [0.2, 0.25) is 0 Å². The van der Waals surface area contributed by atoms with E-state index in [1.807, 2.05) is 6.07 Å². The van der Waals surface area contributed by atoms with Crippen molar-refractivity contribution >= 4 is 15.9 Å². The summed E-state index contributed by atoms with van der Waals surface area (Å²) in [5, 5.41) is 0. The van der Waals surface area contributed by atoms with Gasteiger partial charge >= 0.3 is 0 Å². The van der Waals surface area contributed by atoms with E-state index in [9.17, 15) is 17.6 Å². The van der Waals surface area contributed by atoms with Gasteiger partial charge in [-0.05, 0) is 37.3 Å². The Bertz CT molecular complexity index is 1190. The number of carbonyl (C=O) groups is 1. The minimum absolute atomic E-state index is 0.0669. The highest BCUT2D eigenvalue weighted by atomic mass is 32.2. The summed E-state index contributed by atoms with van der Waals surface area (Å²) in [6.45, 7) is 0.713. The van der Waals surface area contributed by atoms with Crippen LogP contribution in [0.3, 0.4) is 0 Å². The van der Waals surface area contributed by atoms with Gasteiger partial charge in [-0.1, -0.05) is 48.5 Å². The molecule has 190 valence electrons. The molecule has 2 fully saturated rings. The lowest BCUT2D eigenvalue weighted by atomic mass is 9.91. The van der Waals surface area contributed by atoms with Crippen molar-refractivity contribution in [3.63, 3.8) is 0 Å². The fraction of sp³-hybridized carbons (Fsp3) is 0.480. The number of sulfonamides is 1. The van der Waals surface area contributed by atoms with Crippen molar-refractivity contribution in [1.29, 1.82) is 0 Å². The number of nitrogens with zero attached hydrogens (tertiary/aromatic N) is 1. The number of carbonyl (C=O) groups excluding carboxylic acids is 1. The smallest absolute Gasteiger partial charge is 0.262 e. The third-order valence-corrected chi connectivity index (χ3v) is 7.89. The largest absolute Gasteiger partial charge is 0.381 e. The van der Waals surface area contributed by atoms with Gasteiger partial charge in [0.25, 0.3) is 5.91 Å². The highest BCUT2D eigenvalue weighted by Crippen LogP contribution is 2.56. The molecule has 0 bridgehead atoms. The predicted molar refractivity (Wildman–Crippen MR) is 126 cm³/mol. The Hall–Kier alpha value is -2.43. The zero-order valence-electron chi connectivity index (χ0n) is 19.6. The zero-order valence-corrected chi connectivity index (χ0v) is 20.5. The van der Waals surface area contributed by atoms with Gasteiger partial charge in [0, 0.05) is 30.7 Å². The molecule has 1 aliphatic heterocycles. The molecule has 1 saturated carbocycles.